The Morgan fingerprint density at radius 3 is 2.93 bits per heavy atom. The number of hydroxylamine groups is 1. The smallest absolute Gasteiger partial charge is 0.0916 e. The van der Waals surface area contributed by atoms with Crippen molar-refractivity contribution in [1.29, 1.82) is 0 Å². The van der Waals surface area contributed by atoms with Gasteiger partial charge in [-0.3, -0.25) is 9.52 Å². The van der Waals surface area contributed by atoms with Gasteiger partial charge in [0, 0.05) is 13.7 Å². The normalized spacial score (nSPS) is 10.9. The number of aromatic nitrogens is 2. The summed E-state index contributed by atoms with van der Waals surface area (Å²) in [6.07, 6.45) is 0. The van der Waals surface area contributed by atoms with Crippen LogP contribution in [-0.2, 0) is 22.7 Å². The second-order valence-electron chi connectivity index (χ2n) is 3.26. The lowest BCUT2D eigenvalue weighted by Crippen LogP contribution is -2.19. The fourth-order valence-corrected chi connectivity index (χ4v) is 1.34. The molecule has 0 radical (unpaired) electrons. The Morgan fingerprint density at radius 1 is 1.47 bits per heavy atom. The molecule has 1 aromatic rings. The number of aryl methyl sites for hydroxylation is 2. The summed E-state index contributed by atoms with van der Waals surface area (Å²) in [5, 5.41) is 4.34. The van der Waals surface area contributed by atoms with Crippen LogP contribution in [0.15, 0.2) is 6.07 Å². The highest BCUT2D eigenvalue weighted by Gasteiger charge is 2.02. The van der Waals surface area contributed by atoms with Gasteiger partial charge in [0.2, 0.25) is 0 Å². The van der Waals surface area contributed by atoms with Gasteiger partial charge in [-0.25, -0.2) is 0 Å². The van der Waals surface area contributed by atoms with E-state index in [0.717, 1.165) is 17.9 Å². The zero-order valence-electron chi connectivity index (χ0n) is 9.62. The van der Waals surface area contributed by atoms with Crippen LogP contribution in [0.25, 0.3) is 0 Å². The van der Waals surface area contributed by atoms with E-state index in [1.165, 1.54) is 0 Å². The van der Waals surface area contributed by atoms with E-state index in [1.54, 1.807) is 7.11 Å². The van der Waals surface area contributed by atoms with Crippen LogP contribution in [0.2, 0.25) is 0 Å². The Morgan fingerprint density at radius 2 is 2.27 bits per heavy atom. The van der Waals surface area contributed by atoms with Crippen molar-refractivity contribution < 1.29 is 9.57 Å². The van der Waals surface area contributed by atoms with Crippen molar-refractivity contribution in [2.45, 2.75) is 26.9 Å². The van der Waals surface area contributed by atoms with Gasteiger partial charge < -0.3 is 4.74 Å². The topological polar surface area (TPSA) is 48.3 Å². The molecule has 0 aromatic carbocycles. The summed E-state index contributed by atoms with van der Waals surface area (Å²) < 4.78 is 6.82. The predicted octanol–water partition coefficient (Wildman–Crippen LogP) is 0.879. The first-order valence-electron chi connectivity index (χ1n) is 5.14. The molecule has 0 atom stereocenters. The summed E-state index contributed by atoms with van der Waals surface area (Å²) >= 11 is 0. The summed E-state index contributed by atoms with van der Waals surface area (Å²) in [6.45, 7) is 6.75. The van der Waals surface area contributed by atoms with Gasteiger partial charge in [0.1, 0.15) is 0 Å². The summed E-state index contributed by atoms with van der Waals surface area (Å²) in [4.78, 5) is 5.17. The Kier molecular flexibility index (Phi) is 5.31. The standard InChI is InChI=1S/C10H19N3O2/c1-4-13-10(7-9(2)12-13)8-11-15-6-5-14-3/h7,11H,4-6,8H2,1-3H3. The van der Waals surface area contributed by atoms with Crippen molar-refractivity contribution in [3.05, 3.63) is 17.5 Å². The molecule has 0 aliphatic rings. The Balaban J connectivity index is 2.30. The summed E-state index contributed by atoms with van der Waals surface area (Å²) in [6, 6.07) is 2.05. The van der Waals surface area contributed by atoms with Gasteiger partial charge in [-0.2, -0.15) is 10.6 Å². The number of rotatable bonds is 7. The van der Waals surface area contributed by atoms with E-state index in [2.05, 4.69) is 23.6 Å². The van der Waals surface area contributed by atoms with Crippen LogP contribution in [-0.4, -0.2) is 30.1 Å². The van der Waals surface area contributed by atoms with Crippen molar-refractivity contribution in [1.82, 2.24) is 15.3 Å². The molecular formula is C10H19N3O2. The molecule has 0 saturated heterocycles. The van der Waals surface area contributed by atoms with Crippen LogP contribution in [0, 0.1) is 6.92 Å². The van der Waals surface area contributed by atoms with E-state index in [1.807, 2.05) is 11.6 Å². The van der Waals surface area contributed by atoms with Gasteiger partial charge in [0.25, 0.3) is 0 Å². The zero-order valence-corrected chi connectivity index (χ0v) is 9.62. The molecule has 0 saturated carbocycles. The lowest BCUT2D eigenvalue weighted by Gasteiger charge is -2.06. The second-order valence-corrected chi connectivity index (χ2v) is 3.26. The molecule has 5 heteroatoms. The van der Waals surface area contributed by atoms with Crippen LogP contribution in [0.4, 0.5) is 0 Å². The average Bonchev–Trinajstić information content (AvgIpc) is 2.59. The van der Waals surface area contributed by atoms with Gasteiger partial charge in [-0.1, -0.05) is 0 Å². The Bertz CT molecular complexity index is 286. The van der Waals surface area contributed by atoms with Crippen LogP contribution in [0.5, 0.6) is 0 Å². The van der Waals surface area contributed by atoms with E-state index in [4.69, 9.17) is 9.57 Å². The molecule has 1 rings (SSSR count). The fraction of sp³-hybridized carbons (Fsp3) is 0.700. The quantitative estimate of drug-likeness (QED) is 0.539. The summed E-state index contributed by atoms with van der Waals surface area (Å²) in [5.74, 6) is 0. The highest BCUT2D eigenvalue weighted by atomic mass is 16.7. The lowest BCUT2D eigenvalue weighted by molar-refractivity contribution is 0.00248. The molecule has 15 heavy (non-hydrogen) atoms. The van der Waals surface area contributed by atoms with Gasteiger partial charge in [-0.15, -0.1) is 0 Å². The summed E-state index contributed by atoms with van der Waals surface area (Å²) in [7, 11) is 1.65. The van der Waals surface area contributed by atoms with Crippen molar-refractivity contribution in [2.24, 2.45) is 0 Å². The molecule has 86 valence electrons. The van der Waals surface area contributed by atoms with Crippen molar-refractivity contribution in [3.63, 3.8) is 0 Å². The molecule has 5 nitrogen and oxygen atoms in total. The summed E-state index contributed by atoms with van der Waals surface area (Å²) in [5.41, 5.74) is 5.05. The zero-order chi connectivity index (χ0) is 11.1. The average molecular weight is 213 g/mol. The van der Waals surface area contributed by atoms with Crippen molar-refractivity contribution in [3.8, 4) is 0 Å². The molecule has 0 amide bonds. The molecule has 0 fully saturated rings. The van der Waals surface area contributed by atoms with Gasteiger partial charge in [0.15, 0.2) is 0 Å². The molecule has 0 spiro atoms. The number of nitrogens with zero attached hydrogens (tertiary/aromatic N) is 2. The van der Waals surface area contributed by atoms with Gasteiger partial charge in [0.05, 0.1) is 31.1 Å². The maximum absolute atomic E-state index is 5.17. The van der Waals surface area contributed by atoms with E-state index in [-0.39, 0.29) is 0 Å². The first kappa shape index (κ1) is 12.2. The minimum absolute atomic E-state index is 0.551. The molecule has 0 bridgehead atoms. The monoisotopic (exact) mass is 213 g/mol. The first-order valence-corrected chi connectivity index (χ1v) is 5.14. The number of ether oxygens (including phenoxy) is 1. The molecule has 1 aromatic heterocycles. The van der Waals surface area contributed by atoms with Crippen LogP contribution < -0.4 is 5.48 Å². The SMILES string of the molecule is CCn1nc(C)cc1CNOCCOC. The third kappa shape index (κ3) is 3.99. The molecule has 0 aliphatic heterocycles. The first-order chi connectivity index (χ1) is 7.27. The van der Waals surface area contributed by atoms with Crippen LogP contribution >= 0.6 is 0 Å². The largest absolute Gasteiger partial charge is 0.382 e. The van der Waals surface area contributed by atoms with Gasteiger partial charge in [-0.05, 0) is 19.9 Å². The molecule has 1 N–H and O–H groups in total. The lowest BCUT2D eigenvalue weighted by atomic mass is 10.4. The van der Waals surface area contributed by atoms with Gasteiger partial charge >= 0.3 is 0 Å². The molecule has 0 unspecified atom stereocenters. The number of methoxy groups -OCH3 is 1. The van der Waals surface area contributed by atoms with E-state index < -0.39 is 0 Å². The molecule has 0 aliphatic carbocycles. The van der Waals surface area contributed by atoms with Crippen LogP contribution in [0.1, 0.15) is 18.3 Å². The molecule has 1 heterocycles. The van der Waals surface area contributed by atoms with Crippen LogP contribution in [0.3, 0.4) is 0 Å². The van der Waals surface area contributed by atoms with Crippen molar-refractivity contribution in [2.75, 3.05) is 20.3 Å². The number of hydrogen-bond acceptors (Lipinski definition) is 4. The van der Waals surface area contributed by atoms with E-state index in [9.17, 15) is 0 Å². The Hall–Kier alpha value is -0.910. The minimum Gasteiger partial charge on any atom is -0.382 e. The molecular weight excluding hydrogens is 194 g/mol. The maximum Gasteiger partial charge on any atom is 0.0916 e. The Labute approximate surface area is 90.3 Å². The maximum atomic E-state index is 5.17. The number of hydrogen-bond donors (Lipinski definition) is 1. The number of nitrogens with one attached hydrogen (secondary N) is 1. The minimum atomic E-state index is 0.551. The van der Waals surface area contributed by atoms with E-state index in [0.29, 0.717) is 19.8 Å². The highest BCUT2D eigenvalue weighted by Crippen LogP contribution is 2.02. The third-order valence-electron chi connectivity index (χ3n) is 2.03. The fourth-order valence-electron chi connectivity index (χ4n) is 1.34. The second kappa shape index (κ2) is 6.55. The van der Waals surface area contributed by atoms with Crippen molar-refractivity contribution >= 4 is 0 Å². The van der Waals surface area contributed by atoms with E-state index >= 15 is 0 Å². The highest BCUT2D eigenvalue weighted by molar-refractivity contribution is 5.08. The predicted molar refractivity (Wildman–Crippen MR) is 57.3 cm³/mol. The third-order valence-corrected chi connectivity index (χ3v) is 2.03.